The molecule has 0 unspecified atom stereocenters. The van der Waals surface area contributed by atoms with E-state index in [-0.39, 0.29) is 5.78 Å². The van der Waals surface area contributed by atoms with Crippen LogP contribution in [0.3, 0.4) is 0 Å². The van der Waals surface area contributed by atoms with Crippen LogP contribution in [0.1, 0.15) is 42.7 Å². The highest BCUT2D eigenvalue weighted by molar-refractivity contribution is 5.98. The number of nitrogens with zero attached hydrogens (tertiary/aromatic N) is 1. The first-order valence-electron chi connectivity index (χ1n) is 5.63. The van der Waals surface area contributed by atoms with E-state index < -0.39 is 0 Å². The second-order valence-corrected chi connectivity index (χ2v) is 4.60. The Hall–Kier alpha value is -1.57. The van der Waals surface area contributed by atoms with Gasteiger partial charge >= 0.3 is 0 Å². The van der Waals surface area contributed by atoms with Gasteiger partial charge in [0.05, 0.1) is 0 Å². The lowest BCUT2D eigenvalue weighted by molar-refractivity contribution is 0.101. The summed E-state index contributed by atoms with van der Waals surface area (Å²) in [4.78, 5) is 11.3. The first-order chi connectivity index (χ1) is 7.50. The predicted octanol–water partition coefficient (Wildman–Crippen LogP) is 3.73. The summed E-state index contributed by atoms with van der Waals surface area (Å²) in [5.41, 5.74) is 3.22. The molecule has 2 nitrogen and oxygen atoms in total. The normalized spacial score (nSPS) is 11.3. The number of Topliss-reactive ketones (excluding diaryl/α,β-unsaturated/α-hetero) is 1. The van der Waals surface area contributed by atoms with Crippen LogP contribution in [0.2, 0.25) is 0 Å². The average Bonchev–Trinajstić information content (AvgIpc) is 2.56. The van der Waals surface area contributed by atoms with E-state index in [1.165, 1.54) is 16.5 Å². The van der Waals surface area contributed by atoms with Crippen molar-refractivity contribution < 1.29 is 4.79 Å². The van der Waals surface area contributed by atoms with Gasteiger partial charge in [-0.15, -0.1) is 0 Å². The van der Waals surface area contributed by atoms with Gasteiger partial charge < -0.3 is 4.57 Å². The van der Waals surface area contributed by atoms with Crippen molar-refractivity contribution in [1.29, 1.82) is 0 Å². The summed E-state index contributed by atoms with van der Waals surface area (Å²) in [6.45, 7) is 8.02. The monoisotopic (exact) mass is 215 g/mol. The molecule has 0 radical (unpaired) electrons. The molecule has 0 saturated heterocycles. The maximum Gasteiger partial charge on any atom is 0.159 e. The van der Waals surface area contributed by atoms with Gasteiger partial charge in [0.25, 0.3) is 0 Å². The first kappa shape index (κ1) is 10.9. The maximum absolute atomic E-state index is 11.3. The van der Waals surface area contributed by atoms with Crippen LogP contribution in [0.5, 0.6) is 0 Å². The van der Waals surface area contributed by atoms with Crippen molar-refractivity contribution in [1.82, 2.24) is 4.57 Å². The number of rotatable bonds is 2. The van der Waals surface area contributed by atoms with Crippen LogP contribution >= 0.6 is 0 Å². The Labute approximate surface area is 95.9 Å². The minimum Gasteiger partial charge on any atom is -0.345 e. The largest absolute Gasteiger partial charge is 0.345 e. The molecule has 0 aliphatic carbocycles. The summed E-state index contributed by atoms with van der Waals surface area (Å²) in [6, 6.07) is 6.38. The average molecular weight is 215 g/mol. The number of benzene rings is 1. The lowest BCUT2D eigenvalue weighted by Crippen LogP contribution is -1.98. The third kappa shape index (κ3) is 1.64. The van der Waals surface area contributed by atoms with E-state index in [4.69, 9.17) is 0 Å². The fourth-order valence-electron chi connectivity index (χ4n) is 2.07. The van der Waals surface area contributed by atoms with Crippen molar-refractivity contribution in [2.45, 2.75) is 33.7 Å². The Bertz CT molecular complexity index is 549. The Morgan fingerprint density at radius 3 is 2.56 bits per heavy atom. The lowest BCUT2D eigenvalue weighted by Gasteiger charge is -2.09. The van der Waals surface area contributed by atoms with Crippen molar-refractivity contribution in [2.24, 2.45) is 0 Å². The van der Waals surface area contributed by atoms with Crippen molar-refractivity contribution in [3.8, 4) is 0 Å². The van der Waals surface area contributed by atoms with Crippen LogP contribution in [0.15, 0.2) is 24.4 Å². The van der Waals surface area contributed by atoms with Gasteiger partial charge in [-0.2, -0.15) is 0 Å². The van der Waals surface area contributed by atoms with Crippen LogP contribution in [-0.4, -0.2) is 10.4 Å². The molecule has 0 amide bonds. The fourth-order valence-corrected chi connectivity index (χ4v) is 2.07. The Morgan fingerprint density at radius 2 is 2.00 bits per heavy atom. The minimum absolute atomic E-state index is 0.124. The second kappa shape index (κ2) is 3.78. The SMILES string of the molecule is CC(=O)c1ccc2c(c1)c(C)cn2C(C)C. The van der Waals surface area contributed by atoms with Gasteiger partial charge in [0, 0.05) is 28.7 Å². The van der Waals surface area contributed by atoms with E-state index in [1.807, 2.05) is 18.2 Å². The van der Waals surface area contributed by atoms with E-state index in [2.05, 4.69) is 31.5 Å². The molecule has 0 aliphatic heterocycles. The number of carbonyl (C=O) groups excluding carboxylic acids is 1. The summed E-state index contributed by atoms with van der Waals surface area (Å²) in [5.74, 6) is 0.124. The molecule has 1 aromatic carbocycles. The van der Waals surface area contributed by atoms with Gasteiger partial charge in [-0.3, -0.25) is 4.79 Å². The highest BCUT2D eigenvalue weighted by Gasteiger charge is 2.09. The van der Waals surface area contributed by atoms with Crippen LogP contribution in [-0.2, 0) is 0 Å². The lowest BCUT2D eigenvalue weighted by atomic mass is 10.1. The topological polar surface area (TPSA) is 22.0 Å². The van der Waals surface area contributed by atoms with Crippen molar-refractivity contribution >= 4 is 16.7 Å². The molecular weight excluding hydrogens is 198 g/mol. The quantitative estimate of drug-likeness (QED) is 0.699. The molecule has 0 N–H and O–H groups in total. The zero-order valence-corrected chi connectivity index (χ0v) is 10.2. The van der Waals surface area contributed by atoms with E-state index in [0.717, 1.165) is 5.56 Å². The summed E-state index contributed by atoms with van der Waals surface area (Å²) in [7, 11) is 0. The standard InChI is InChI=1S/C14H17NO/c1-9(2)15-8-10(3)13-7-12(11(4)16)5-6-14(13)15/h5-9H,1-4H3. The van der Waals surface area contributed by atoms with E-state index in [0.29, 0.717) is 6.04 Å². The molecule has 2 heteroatoms. The van der Waals surface area contributed by atoms with Crippen LogP contribution in [0.4, 0.5) is 0 Å². The maximum atomic E-state index is 11.3. The molecule has 16 heavy (non-hydrogen) atoms. The molecule has 0 spiro atoms. The molecule has 0 atom stereocenters. The van der Waals surface area contributed by atoms with Gasteiger partial charge in [-0.1, -0.05) is 0 Å². The van der Waals surface area contributed by atoms with Gasteiger partial charge in [-0.25, -0.2) is 0 Å². The van der Waals surface area contributed by atoms with Gasteiger partial charge in [0.15, 0.2) is 5.78 Å². The number of fused-ring (bicyclic) bond motifs is 1. The molecule has 84 valence electrons. The van der Waals surface area contributed by atoms with E-state index >= 15 is 0 Å². The van der Waals surface area contributed by atoms with Gasteiger partial charge in [0.2, 0.25) is 0 Å². The number of hydrogen-bond acceptors (Lipinski definition) is 1. The summed E-state index contributed by atoms with van der Waals surface area (Å²) in [6.07, 6.45) is 2.15. The Morgan fingerprint density at radius 1 is 1.31 bits per heavy atom. The first-order valence-corrected chi connectivity index (χ1v) is 5.63. The summed E-state index contributed by atoms with van der Waals surface area (Å²) < 4.78 is 2.24. The van der Waals surface area contributed by atoms with Gasteiger partial charge in [-0.05, 0) is 51.5 Å². The molecule has 0 saturated carbocycles. The zero-order valence-electron chi connectivity index (χ0n) is 10.2. The third-order valence-electron chi connectivity index (χ3n) is 3.00. The van der Waals surface area contributed by atoms with Crippen LogP contribution in [0.25, 0.3) is 10.9 Å². The summed E-state index contributed by atoms with van der Waals surface area (Å²) >= 11 is 0. The molecule has 0 aliphatic rings. The number of ketones is 1. The van der Waals surface area contributed by atoms with Crippen molar-refractivity contribution in [2.75, 3.05) is 0 Å². The molecule has 2 aromatic rings. The molecule has 2 rings (SSSR count). The predicted molar refractivity (Wildman–Crippen MR) is 67.1 cm³/mol. The Kier molecular flexibility index (Phi) is 2.58. The number of aryl methyl sites for hydroxylation is 1. The minimum atomic E-state index is 0.124. The summed E-state index contributed by atoms with van der Waals surface area (Å²) in [5, 5.41) is 1.18. The molecule has 1 heterocycles. The highest BCUT2D eigenvalue weighted by Crippen LogP contribution is 2.25. The zero-order chi connectivity index (χ0) is 11.9. The second-order valence-electron chi connectivity index (χ2n) is 4.60. The molecule has 1 aromatic heterocycles. The molecular formula is C14H17NO. The Balaban J connectivity index is 2.71. The highest BCUT2D eigenvalue weighted by atomic mass is 16.1. The van der Waals surface area contributed by atoms with Crippen molar-refractivity contribution in [3.63, 3.8) is 0 Å². The van der Waals surface area contributed by atoms with Crippen LogP contribution < -0.4 is 0 Å². The number of aromatic nitrogens is 1. The molecule has 0 bridgehead atoms. The third-order valence-corrected chi connectivity index (χ3v) is 3.00. The number of hydrogen-bond donors (Lipinski definition) is 0. The number of carbonyl (C=O) groups is 1. The van der Waals surface area contributed by atoms with Gasteiger partial charge in [0.1, 0.15) is 0 Å². The van der Waals surface area contributed by atoms with Crippen LogP contribution in [0, 0.1) is 6.92 Å². The fraction of sp³-hybridized carbons (Fsp3) is 0.357. The molecule has 0 fully saturated rings. The van der Waals surface area contributed by atoms with E-state index in [9.17, 15) is 4.79 Å². The smallest absolute Gasteiger partial charge is 0.159 e. The van der Waals surface area contributed by atoms with Crippen molar-refractivity contribution in [3.05, 3.63) is 35.5 Å². The van der Waals surface area contributed by atoms with E-state index in [1.54, 1.807) is 6.92 Å².